The van der Waals surface area contributed by atoms with Crippen LogP contribution in [-0.2, 0) is 12.8 Å². The van der Waals surface area contributed by atoms with Crippen LogP contribution in [0.3, 0.4) is 0 Å². The summed E-state index contributed by atoms with van der Waals surface area (Å²) in [7, 11) is 0. The van der Waals surface area contributed by atoms with E-state index in [9.17, 15) is 4.79 Å². The largest absolute Gasteiger partial charge is 0.271 e. The summed E-state index contributed by atoms with van der Waals surface area (Å²) in [6.45, 7) is 0. The first-order valence-corrected chi connectivity index (χ1v) is 8.30. The van der Waals surface area contributed by atoms with Gasteiger partial charge in [0.05, 0.1) is 0 Å². The van der Waals surface area contributed by atoms with Gasteiger partial charge in [-0.1, -0.05) is 78.9 Å². The molecule has 3 aromatic rings. The van der Waals surface area contributed by atoms with Gasteiger partial charge >= 0.3 is 0 Å². The van der Waals surface area contributed by atoms with Crippen LogP contribution < -0.4 is 5.43 Å². The lowest BCUT2D eigenvalue weighted by atomic mass is 10.0. The van der Waals surface area contributed by atoms with Crippen LogP contribution in [0.25, 0.3) is 0 Å². The van der Waals surface area contributed by atoms with E-state index in [0.717, 1.165) is 5.71 Å². The number of nitrogens with zero attached hydrogens (tertiary/aromatic N) is 1. The maximum Gasteiger partial charge on any atom is 0.271 e. The quantitative estimate of drug-likeness (QED) is 0.533. The Balaban J connectivity index is 1.76. The van der Waals surface area contributed by atoms with Crippen molar-refractivity contribution in [3.63, 3.8) is 0 Å². The zero-order valence-corrected chi connectivity index (χ0v) is 13.9. The molecule has 3 aromatic carbocycles. The standard InChI is InChI=1S/C22H20N2O/c25-22(20-14-8-3-9-15-20)24-23-21(16-18-10-4-1-5-11-18)17-19-12-6-2-7-13-19/h1-15H,16-17H2,(H,24,25). The van der Waals surface area contributed by atoms with E-state index in [-0.39, 0.29) is 5.91 Å². The molecule has 3 nitrogen and oxygen atoms in total. The van der Waals surface area contributed by atoms with Gasteiger partial charge in [-0.15, -0.1) is 0 Å². The normalized spacial score (nSPS) is 10.1. The van der Waals surface area contributed by atoms with Gasteiger partial charge in [0.25, 0.3) is 5.91 Å². The number of hydrazone groups is 1. The van der Waals surface area contributed by atoms with Crippen molar-refractivity contribution in [3.05, 3.63) is 108 Å². The second kappa shape index (κ2) is 8.60. The molecule has 0 saturated carbocycles. The van der Waals surface area contributed by atoms with E-state index < -0.39 is 0 Å². The molecule has 3 rings (SSSR count). The minimum atomic E-state index is -0.195. The number of hydrogen-bond donors (Lipinski definition) is 1. The van der Waals surface area contributed by atoms with Gasteiger partial charge in [0.15, 0.2) is 0 Å². The molecule has 3 heteroatoms. The van der Waals surface area contributed by atoms with Crippen LogP contribution in [0, 0.1) is 0 Å². The molecule has 0 bridgehead atoms. The van der Waals surface area contributed by atoms with Gasteiger partial charge in [0.1, 0.15) is 0 Å². The highest BCUT2D eigenvalue weighted by Gasteiger charge is 2.07. The molecular weight excluding hydrogens is 308 g/mol. The molecule has 1 N–H and O–H groups in total. The number of carbonyl (C=O) groups is 1. The third-order valence-electron chi connectivity index (χ3n) is 3.85. The van der Waals surface area contributed by atoms with E-state index >= 15 is 0 Å². The van der Waals surface area contributed by atoms with E-state index in [1.807, 2.05) is 54.6 Å². The van der Waals surface area contributed by atoms with Crippen molar-refractivity contribution in [2.45, 2.75) is 12.8 Å². The van der Waals surface area contributed by atoms with Crippen molar-refractivity contribution in [1.29, 1.82) is 0 Å². The number of carbonyl (C=O) groups excluding carboxylic acids is 1. The smallest absolute Gasteiger partial charge is 0.267 e. The van der Waals surface area contributed by atoms with Crippen molar-refractivity contribution in [3.8, 4) is 0 Å². The van der Waals surface area contributed by atoms with E-state index in [1.54, 1.807) is 12.1 Å². The second-order valence-corrected chi connectivity index (χ2v) is 5.81. The van der Waals surface area contributed by atoms with Crippen LogP contribution in [0.4, 0.5) is 0 Å². The molecule has 0 spiro atoms. The predicted molar refractivity (Wildman–Crippen MR) is 102 cm³/mol. The average molecular weight is 328 g/mol. The lowest BCUT2D eigenvalue weighted by molar-refractivity contribution is 0.0954. The third kappa shape index (κ3) is 5.15. The Hall–Kier alpha value is -3.20. The monoisotopic (exact) mass is 328 g/mol. The lowest BCUT2D eigenvalue weighted by Gasteiger charge is -2.08. The zero-order chi connectivity index (χ0) is 17.3. The second-order valence-electron chi connectivity index (χ2n) is 5.81. The van der Waals surface area contributed by atoms with Crippen molar-refractivity contribution in [1.82, 2.24) is 5.43 Å². The van der Waals surface area contributed by atoms with Gasteiger partial charge in [-0.05, 0) is 23.3 Å². The molecule has 0 saturated heterocycles. The summed E-state index contributed by atoms with van der Waals surface area (Å²) < 4.78 is 0. The number of nitrogens with one attached hydrogen (secondary N) is 1. The van der Waals surface area contributed by atoms with Gasteiger partial charge < -0.3 is 0 Å². The topological polar surface area (TPSA) is 41.5 Å². The predicted octanol–water partition coefficient (Wildman–Crippen LogP) is 4.26. The Labute approximate surface area is 148 Å². The highest BCUT2D eigenvalue weighted by atomic mass is 16.2. The molecule has 0 aromatic heterocycles. The molecule has 124 valence electrons. The van der Waals surface area contributed by atoms with Crippen LogP contribution in [0.1, 0.15) is 21.5 Å². The summed E-state index contributed by atoms with van der Waals surface area (Å²) in [6, 6.07) is 29.4. The SMILES string of the molecule is O=C(NN=C(Cc1ccccc1)Cc1ccccc1)c1ccccc1. The van der Waals surface area contributed by atoms with E-state index in [4.69, 9.17) is 0 Å². The highest BCUT2D eigenvalue weighted by Crippen LogP contribution is 2.07. The van der Waals surface area contributed by atoms with Crippen LogP contribution in [0.2, 0.25) is 0 Å². The minimum Gasteiger partial charge on any atom is -0.267 e. The maximum absolute atomic E-state index is 12.2. The van der Waals surface area contributed by atoms with Gasteiger partial charge in [-0.3, -0.25) is 4.79 Å². The molecule has 0 radical (unpaired) electrons. The van der Waals surface area contributed by atoms with Gasteiger partial charge in [0.2, 0.25) is 0 Å². The average Bonchev–Trinajstić information content (AvgIpc) is 2.68. The number of rotatable bonds is 6. The maximum atomic E-state index is 12.2. The van der Waals surface area contributed by atoms with Gasteiger partial charge in [-0.2, -0.15) is 5.10 Å². The van der Waals surface area contributed by atoms with Crippen molar-refractivity contribution >= 4 is 11.6 Å². The first kappa shape index (κ1) is 16.7. The Kier molecular flexibility index (Phi) is 5.73. The Bertz CT molecular complexity index is 784. The van der Waals surface area contributed by atoms with E-state index in [0.29, 0.717) is 18.4 Å². The minimum absolute atomic E-state index is 0.195. The lowest BCUT2D eigenvalue weighted by Crippen LogP contribution is -2.21. The van der Waals surface area contributed by atoms with E-state index in [1.165, 1.54) is 11.1 Å². The summed E-state index contributed by atoms with van der Waals surface area (Å²) in [5.41, 5.74) is 6.55. The molecule has 0 aliphatic heterocycles. The van der Waals surface area contributed by atoms with Crippen LogP contribution in [-0.4, -0.2) is 11.6 Å². The molecule has 25 heavy (non-hydrogen) atoms. The van der Waals surface area contributed by atoms with Crippen LogP contribution in [0.5, 0.6) is 0 Å². The van der Waals surface area contributed by atoms with Gasteiger partial charge in [0, 0.05) is 24.1 Å². The molecule has 0 atom stereocenters. The Morgan fingerprint density at radius 2 is 1.12 bits per heavy atom. The molecule has 1 amide bonds. The fraction of sp³-hybridized carbons (Fsp3) is 0.0909. The van der Waals surface area contributed by atoms with Crippen molar-refractivity contribution < 1.29 is 4.79 Å². The fourth-order valence-corrected chi connectivity index (χ4v) is 2.59. The third-order valence-corrected chi connectivity index (χ3v) is 3.85. The van der Waals surface area contributed by atoms with Gasteiger partial charge in [-0.25, -0.2) is 5.43 Å². The molecule has 0 aliphatic rings. The molecule has 0 aliphatic carbocycles. The first-order valence-electron chi connectivity index (χ1n) is 8.30. The number of amides is 1. The summed E-state index contributed by atoms with van der Waals surface area (Å²) in [4.78, 5) is 12.2. The zero-order valence-electron chi connectivity index (χ0n) is 13.9. The first-order chi connectivity index (χ1) is 12.3. The van der Waals surface area contributed by atoms with Crippen LogP contribution in [0.15, 0.2) is 96.1 Å². The number of hydrogen-bond acceptors (Lipinski definition) is 2. The number of benzene rings is 3. The fourth-order valence-electron chi connectivity index (χ4n) is 2.59. The van der Waals surface area contributed by atoms with Crippen LogP contribution >= 0.6 is 0 Å². The Morgan fingerprint density at radius 1 is 0.680 bits per heavy atom. The Morgan fingerprint density at radius 3 is 1.60 bits per heavy atom. The summed E-state index contributed by atoms with van der Waals surface area (Å²) in [6.07, 6.45) is 1.40. The molecular formula is C22H20N2O. The molecule has 0 fully saturated rings. The van der Waals surface area contributed by atoms with Crippen molar-refractivity contribution in [2.75, 3.05) is 0 Å². The summed E-state index contributed by atoms with van der Waals surface area (Å²) in [5, 5.41) is 4.41. The highest BCUT2D eigenvalue weighted by molar-refractivity contribution is 5.96. The summed E-state index contributed by atoms with van der Waals surface area (Å²) >= 11 is 0. The molecule has 0 unspecified atom stereocenters. The van der Waals surface area contributed by atoms with Crippen molar-refractivity contribution in [2.24, 2.45) is 5.10 Å². The summed E-state index contributed by atoms with van der Waals surface area (Å²) in [5.74, 6) is -0.195. The molecule has 0 heterocycles. The van der Waals surface area contributed by atoms with E-state index in [2.05, 4.69) is 34.8 Å².